The highest BCUT2D eigenvalue weighted by Crippen LogP contribution is 2.34. The number of nitriles is 1. The van der Waals surface area contributed by atoms with Gasteiger partial charge in [-0.15, -0.1) is 0 Å². The van der Waals surface area contributed by atoms with Gasteiger partial charge >= 0.3 is 0 Å². The van der Waals surface area contributed by atoms with Crippen molar-refractivity contribution in [1.82, 2.24) is 4.98 Å². The third kappa shape index (κ3) is 5.20. The topological polar surface area (TPSA) is 86.1 Å². The van der Waals surface area contributed by atoms with E-state index in [-0.39, 0.29) is 54.4 Å². The molecule has 31 heavy (non-hydrogen) atoms. The van der Waals surface area contributed by atoms with E-state index in [9.17, 15) is 23.0 Å². The zero-order valence-electron chi connectivity index (χ0n) is 17.0. The number of rotatable bonds is 4. The number of aromatic nitrogens is 1. The van der Waals surface area contributed by atoms with E-state index in [0.717, 1.165) is 0 Å². The van der Waals surface area contributed by atoms with Gasteiger partial charge in [0, 0.05) is 53.6 Å². The predicted octanol–water partition coefficient (Wildman–Crippen LogP) is 4.53. The number of benzene rings is 1. The molecule has 1 amide bonds. The van der Waals surface area contributed by atoms with Crippen molar-refractivity contribution in [3.05, 3.63) is 46.1 Å². The summed E-state index contributed by atoms with van der Waals surface area (Å²) in [4.78, 5) is 19.6. The first-order valence-electron chi connectivity index (χ1n) is 9.61. The second kappa shape index (κ2) is 9.28. The van der Waals surface area contributed by atoms with E-state index in [1.54, 1.807) is 36.1 Å². The molecule has 2 heterocycles. The lowest BCUT2D eigenvalue weighted by Gasteiger charge is -2.25. The maximum atomic E-state index is 13.9. The average Bonchev–Trinajstić information content (AvgIpc) is 2.90. The molecule has 0 bridgehead atoms. The normalized spacial score (nSPS) is 16.8. The number of carbonyl (C=O) groups is 1. The van der Waals surface area contributed by atoms with Gasteiger partial charge in [-0.2, -0.15) is 5.26 Å². The minimum Gasteiger partial charge on any atom is -0.356 e. The number of pyridine rings is 1. The smallest absolute Gasteiger partial charge is 0.259 e. The van der Waals surface area contributed by atoms with E-state index >= 15 is 0 Å². The van der Waals surface area contributed by atoms with E-state index in [0.29, 0.717) is 16.1 Å². The van der Waals surface area contributed by atoms with Gasteiger partial charge in [0.15, 0.2) is 5.69 Å². The van der Waals surface area contributed by atoms with Crippen LogP contribution in [0, 0.1) is 18.3 Å². The maximum absolute atomic E-state index is 13.9. The van der Waals surface area contributed by atoms with Gasteiger partial charge in [0.05, 0.1) is 10.6 Å². The minimum atomic E-state index is -2.78. The number of nitrogens with zero attached hydrogens (tertiary/aromatic N) is 3. The molecule has 2 aromatic rings. The molecule has 0 saturated carbocycles. The Labute approximate surface area is 186 Å². The Kier molecular flexibility index (Phi) is 6.92. The summed E-state index contributed by atoms with van der Waals surface area (Å²) in [6, 6.07) is 8.49. The van der Waals surface area contributed by atoms with Crippen LogP contribution < -0.4 is 10.2 Å². The third-order valence-corrected chi connectivity index (χ3v) is 6.51. The van der Waals surface area contributed by atoms with Crippen molar-refractivity contribution >= 4 is 39.8 Å². The second-order valence-electron chi connectivity index (χ2n) is 7.34. The number of amides is 1. The molecule has 1 saturated heterocycles. The Morgan fingerprint density at radius 2 is 2.10 bits per heavy atom. The highest BCUT2D eigenvalue weighted by Gasteiger charge is 2.34. The molecule has 0 radical (unpaired) electrons. The van der Waals surface area contributed by atoms with Crippen molar-refractivity contribution in [2.45, 2.75) is 37.0 Å². The second-order valence-corrected chi connectivity index (χ2v) is 9.10. The first-order valence-corrected chi connectivity index (χ1v) is 11.5. The van der Waals surface area contributed by atoms with Crippen LogP contribution >= 0.6 is 11.6 Å². The lowest BCUT2D eigenvalue weighted by atomic mass is 10.1. The molecule has 3 rings (SSSR count). The number of carbonyl (C=O) groups excluding carboxylic acids is 1. The molecule has 1 aliphatic heterocycles. The molecule has 0 aliphatic carbocycles. The molecule has 1 fully saturated rings. The molecule has 1 N–H and O–H groups in total. The zero-order valence-corrected chi connectivity index (χ0v) is 18.6. The highest BCUT2D eigenvalue weighted by atomic mass is 35.5. The van der Waals surface area contributed by atoms with Gasteiger partial charge in [0.2, 0.25) is 5.92 Å². The van der Waals surface area contributed by atoms with Crippen LogP contribution in [-0.4, -0.2) is 40.4 Å². The van der Waals surface area contributed by atoms with E-state index in [1.807, 2.05) is 6.07 Å². The first kappa shape index (κ1) is 23.1. The van der Waals surface area contributed by atoms with E-state index in [1.165, 1.54) is 6.26 Å². The summed E-state index contributed by atoms with van der Waals surface area (Å²) in [6.45, 7) is 1.86. The minimum absolute atomic E-state index is 0.00345. The fraction of sp³-hybridized carbons (Fsp3) is 0.381. The van der Waals surface area contributed by atoms with Crippen LogP contribution in [0.1, 0.15) is 40.9 Å². The number of hydrogen-bond donors (Lipinski definition) is 1. The van der Waals surface area contributed by atoms with Gasteiger partial charge in [-0.3, -0.25) is 9.00 Å². The Hall–Kier alpha value is -2.57. The SMILES string of the molecule is Cc1c(Cl)c(C#N)nc(N2CCCC(F)(F)CC2)c1C(=O)Nc1cccc(S(C)=O)c1. The van der Waals surface area contributed by atoms with Crippen LogP contribution in [-0.2, 0) is 10.8 Å². The Bertz CT molecular complexity index is 1090. The van der Waals surface area contributed by atoms with Gasteiger partial charge in [-0.05, 0) is 37.1 Å². The summed E-state index contributed by atoms with van der Waals surface area (Å²) in [7, 11) is -1.23. The van der Waals surface area contributed by atoms with E-state index < -0.39 is 22.6 Å². The van der Waals surface area contributed by atoms with Crippen molar-refractivity contribution in [3.8, 4) is 6.07 Å². The fourth-order valence-corrected chi connectivity index (χ4v) is 4.20. The van der Waals surface area contributed by atoms with Gasteiger partial charge < -0.3 is 10.2 Å². The van der Waals surface area contributed by atoms with Gasteiger partial charge in [0.1, 0.15) is 11.9 Å². The summed E-state index contributed by atoms with van der Waals surface area (Å²) in [6.07, 6.45) is 1.14. The van der Waals surface area contributed by atoms with Crippen LogP contribution in [0.2, 0.25) is 5.02 Å². The Morgan fingerprint density at radius 1 is 1.35 bits per heavy atom. The van der Waals surface area contributed by atoms with Crippen molar-refractivity contribution in [3.63, 3.8) is 0 Å². The molecule has 164 valence electrons. The van der Waals surface area contributed by atoms with Crippen molar-refractivity contribution < 1.29 is 17.8 Å². The number of alkyl halides is 2. The van der Waals surface area contributed by atoms with Crippen molar-refractivity contribution in [2.75, 3.05) is 29.6 Å². The maximum Gasteiger partial charge on any atom is 0.259 e. The number of anilines is 2. The summed E-state index contributed by atoms with van der Waals surface area (Å²) in [5.41, 5.74) is 0.820. The van der Waals surface area contributed by atoms with Gasteiger partial charge in [-0.25, -0.2) is 13.8 Å². The largest absolute Gasteiger partial charge is 0.356 e. The summed E-state index contributed by atoms with van der Waals surface area (Å²) in [5.74, 6) is -3.17. The molecule has 1 aromatic carbocycles. The van der Waals surface area contributed by atoms with Gasteiger partial charge in [-0.1, -0.05) is 17.7 Å². The highest BCUT2D eigenvalue weighted by molar-refractivity contribution is 7.84. The standard InChI is InChI=1S/C21H21ClF2N4O2S/c1-13-17(20(29)26-14-5-3-6-15(11-14)31(2)30)19(27-16(12-25)18(13)22)28-9-4-7-21(23,24)8-10-28/h3,5-6,11H,4,7-10H2,1-2H3,(H,26,29). The summed E-state index contributed by atoms with van der Waals surface area (Å²) >= 11 is 6.26. The van der Waals surface area contributed by atoms with Crippen LogP contribution in [0.3, 0.4) is 0 Å². The molecule has 1 aliphatic rings. The van der Waals surface area contributed by atoms with Crippen LogP contribution in [0.25, 0.3) is 0 Å². The van der Waals surface area contributed by atoms with Crippen molar-refractivity contribution in [1.29, 1.82) is 5.26 Å². The predicted molar refractivity (Wildman–Crippen MR) is 116 cm³/mol. The average molecular weight is 467 g/mol. The molecule has 1 atom stereocenters. The van der Waals surface area contributed by atoms with Crippen LogP contribution in [0.5, 0.6) is 0 Å². The molecule has 0 spiro atoms. The van der Waals surface area contributed by atoms with Crippen molar-refractivity contribution in [2.24, 2.45) is 0 Å². The lowest BCUT2D eigenvalue weighted by Crippen LogP contribution is -2.30. The summed E-state index contributed by atoms with van der Waals surface area (Å²) in [5, 5.41) is 12.2. The number of halogens is 3. The number of hydrogen-bond acceptors (Lipinski definition) is 5. The molecule has 1 aromatic heterocycles. The lowest BCUT2D eigenvalue weighted by molar-refractivity contribution is -0.0102. The number of nitrogens with one attached hydrogen (secondary N) is 1. The Morgan fingerprint density at radius 3 is 2.77 bits per heavy atom. The summed E-state index contributed by atoms with van der Waals surface area (Å²) < 4.78 is 39.5. The molecule has 1 unspecified atom stereocenters. The van der Waals surface area contributed by atoms with Gasteiger partial charge in [0.25, 0.3) is 5.91 Å². The quantitative estimate of drug-likeness (QED) is 0.715. The first-order chi connectivity index (χ1) is 14.6. The Balaban J connectivity index is 2.03. The molecule has 6 nitrogen and oxygen atoms in total. The van der Waals surface area contributed by atoms with Crippen LogP contribution in [0.15, 0.2) is 29.2 Å². The van der Waals surface area contributed by atoms with Crippen LogP contribution in [0.4, 0.5) is 20.3 Å². The monoisotopic (exact) mass is 466 g/mol. The van der Waals surface area contributed by atoms with E-state index in [4.69, 9.17) is 11.6 Å². The van der Waals surface area contributed by atoms with E-state index in [2.05, 4.69) is 10.3 Å². The fourth-order valence-electron chi connectivity index (χ4n) is 3.46. The molecule has 10 heteroatoms. The molecular formula is C21H21ClF2N4O2S. The third-order valence-electron chi connectivity index (χ3n) is 5.13. The molecular weight excluding hydrogens is 446 g/mol. The zero-order chi connectivity index (χ0) is 22.8.